The van der Waals surface area contributed by atoms with Crippen molar-refractivity contribution in [1.82, 2.24) is 10.6 Å². The molecule has 1 aromatic rings. The van der Waals surface area contributed by atoms with Crippen molar-refractivity contribution in [2.45, 2.75) is 45.6 Å². The molecule has 0 saturated carbocycles. The average Bonchev–Trinajstić information content (AvgIpc) is 2.55. The molecule has 0 aliphatic carbocycles. The van der Waals surface area contributed by atoms with Crippen molar-refractivity contribution in [1.29, 1.82) is 0 Å². The van der Waals surface area contributed by atoms with Gasteiger partial charge in [-0.15, -0.1) is 0 Å². The summed E-state index contributed by atoms with van der Waals surface area (Å²) in [7, 11) is 0. The number of hydrogen-bond donors (Lipinski definition) is 2. The minimum atomic E-state index is -0.489. The zero-order valence-corrected chi connectivity index (χ0v) is 13.9. The van der Waals surface area contributed by atoms with Gasteiger partial charge in [0, 0.05) is 12.0 Å². The molecule has 0 radical (unpaired) electrons. The molecule has 5 heteroatoms. The van der Waals surface area contributed by atoms with Crippen molar-refractivity contribution < 1.29 is 13.6 Å². The molecule has 2 rings (SSSR count). The first-order valence-electron chi connectivity index (χ1n) is 8.46. The molecule has 1 saturated heterocycles. The topological polar surface area (TPSA) is 41.1 Å². The first-order chi connectivity index (χ1) is 11.0. The Morgan fingerprint density at radius 2 is 2.04 bits per heavy atom. The molecule has 1 aliphatic heterocycles. The number of piperidine rings is 1. The highest BCUT2D eigenvalue weighted by Crippen LogP contribution is 2.26. The Balaban J connectivity index is 1.95. The molecule has 1 aliphatic rings. The second kappa shape index (κ2) is 8.39. The summed E-state index contributed by atoms with van der Waals surface area (Å²) in [6.45, 7) is 5.95. The molecule has 128 valence electrons. The average molecular weight is 324 g/mol. The minimum Gasteiger partial charge on any atom is -0.349 e. The van der Waals surface area contributed by atoms with Gasteiger partial charge in [0.1, 0.15) is 11.6 Å². The van der Waals surface area contributed by atoms with Crippen LogP contribution in [0.3, 0.4) is 0 Å². The van der Waals surface area contributed by atoms with Gasteiger partial charge in [0.15, 0.2) is 0 Å². The van der Waals surface area contributed by atoms with Crippen molar-refractivity contribution in [2.75, 3.05) is 13.1 Å². The summed E-state index contributed by atoms with van der Waals surface area (Å²) in [4.78, 5) is 12.3. The van der Waals surface area contributed by atoms with E-state index >= 15 is 0 Å². The summed E-state index contributed by atoms with van der Waals surface area (Å²) in [5, 5.41) is 6.18. The molecule has 1 heterocycles. The van der Waals surface area contributed by atoms with Gasteiger partial charge in [0.2, 0.25) is 5.91 Å². The van der Waals surface area contributed by atoms with Gasteiger partial charge < -0.3 is 10.6 Å². The summed E-state index contributed by atoms with van der Waals surface area (Å²) in [6.07, 6.45) is 3.13. The lowest BCUT2D eigenvalue weighted by Crippen LogP contribution is -2.34. The summed E-state index contributed by atoms with van der Waals surface area (Å²) in [5.74, 6) is -0.214. The largest absolute Gasteiger partial charge is 0.349 e. The second-order valence-electron chi connectivity index (χ2n) is 6.46. The predicted octanol–water partition coefficient (Wildman–Crippen LogP) is 3.56. The number of hydrogen-bond acceptors (Lipinski definition) is 2. The SMILES string of the molecule is CCC(NC(=O)CC(C)C1CCNCC1)c1cc(F)ccc1F. The summed E-state index contributed by atoms with van der Waals surface area (Å²) >= 11 is 0. The van der Waals surface area contributed by atoms with Gasteiger partial charge in [0.05, 0.1) is 6.04 Å². The van der Waals surface area contributed by atoms with E-state index in [4.69, 9.17) is 0 Å². The molecule has 2 atom stereocenters. The first-order valence-corrected chi connectivity index (χ1v) is 8.46. The fourth-order valence-corrected chi connectivity index (χ4v) is 3.31. The lowest BCUT2D eigenvalue weighted by molar-refractivity contribution is -0.123. The van der Waals surface area contributed by atoms with Gasteiger partial charge >= 0.3 is 0 Å². The van der Waals surface area contributed by atoms with Crippen LogP contribution in [-0.4, -0.2) is 19.0 Å². The highest BCUT2D eigenvalue weighted by molar-refractivity contribution is 5.76. The predicted molar refractivity (Wildman–Crippen MR) is 86.9 cm³/mol. The van der Waals surface area contributed by atoms with Crippen LogP contribution in [-0.2, 0) is 4.79 Å². The van der Waals surface area contributed by atoms with Crippen molar-refractivity contribution in [3.63, 3.8) is 0 Å². The third kappa shape index (κ3) is 4.99. The number of benzene rings is 1. The molecule has 1 amide bonds. The van der Waals surface area contributed by atoms with Gasteiger partial charge in [-0.25, -0.2) is 8.78 Å². The number of carbonyl (C=O) groups is 1. The lowest BCUT2D eigenvalue weighted by Gasteiger charge is -2.28. The number of halogens is 2. The van der Waals surface area contributed by atoms with Crippen LogP contribution in [0.4, 0.5) is 8.78 Å². The molecule has 2 unspecified atom stereocenters. The number of rotatable bonds is 6. The Hall–Kier alpha value is -1.49. The van der Waals surface area contributed by atoms with Crippen LogP contribution >= 0.6 is 0 Å². The van der Waals surface area contributed by atoms with Gasteiger partial charge in [-0.05, 0) is 62.4 Å². The van der Waals surface area contributed by atoms with Crippen LogP contribution in [0.5, 0.6) is 0 Å². The molecular weight excluding hydrogens is 298 g/mol. The molecule has 0 spiro atoms. The van der Waals surface area contributed by atoms with E-state index in [0.29, 0.717) is 24.7 Å². The molecule has 3 nitrogen and oxygen atoms in total. The quantitative estimate of drug-likeness (QED) is 0.840. The Morgan fingerprint density at radius 1 is 1.35 bits per heavy atom. The van der Waals surface area contributed by atoms with Gasteiger partial charge in [0.25, 0.3) is 0 Å². The van der Waals surface area contributed by atoms with E-state index in [1.807, 2.05) is 6.92 Å². The van der Waals surface area contributed by atoms with Crippen molar-refractivity contribution >= 4 is 5.91 Å². The molecule has 1 fully saturated rings. The van der Waals surface area contributed by atoms with Crippen LogP contribution < -0.4 is 10.6 Å². The van der Waals surface area contributed by atoms with Gasteiger partial charge in [-0.3, -0.25) is 4.79 Å². The minimum absolute atomic E-state index is 0.0912. The van der Waals surface area contributed by atoms with Gasteiger partial charge in [-0.1, -0.05) is 13.8 Å². The van der Waals surface area contributed by atoms with E-state index < -0.39 is 17.7 Å². The zero-order chi connectivity index (χ0) is 16.8. The van der Waals surface area contributed by atoms with Crippen LogP contribution in [0.2, 0.25) is 0 Å². The van der Waals surface area contributed by atoms with Gasteiger partial charge in [-0.2, -0.15) is 0 Å². The van der Waals surface area contributed by atoms with E-state index in [9.17, 15) is 13.6 Å². The van der Waals surface area contributed by atoms with Crippen molar-refractivity contribution in [2.24, 2.45) is 11.8 Å². The molecule has 2 N–H and O–H groups in total. The monoisotopic (exact) mass is 324 g/mol. The highest BCUT2D eigenvalue weighted by Gasteiger charge is 2.24. The zero-order valence-electron chi connectivity index (χ0n) is 13.9. The molecule has 23 heavy (non-hydrogen) atoms. The van der Waals surface area contributed by atoms with Crippen LogP contribution in [0.25, 0.3) is 0 Å². The van der Waals surface area contributed by atoms with E-state index in [-0.39, 0.29) is 11.5 Å². The van der Waals surface area contributed by atoms with Crippen LogP contribution in [0.1, 0.15) is 51.1 Å². The maximum Gasteiger partial charge on any atom is 0.220 e. The number of nitrogens with one attached hydrogen (secondary N) is 2. The third-order valence-electron chi connectivity index (χ3n) is 4.77. The fraction of sp³-hybridized carbons (Fsp3) is 0.611. The van der Waals surface area contributed by atoms with Crippen molar-refractivity contribution in [3.05, 3.63) is 35.4 Å². The lowest BCUT2D eigenvalue weighted by atomic mass is 9.84. The van der Waals surface area contributed by atoms with Crippen molar-refractivity contribution in [3.8, 4) is 0 Å². The Morgan fingerprint density at radius 3 is 2.70 bits per heavy atom. The van der Waals surface area contributed by atoms with Crippen LogP contribution in [0.15, 0.2) is 18.2 Å². The third-order valence-corrected chi connectivity index (χ3v) is 4.77. The maximum atomic E-state index is 13.9. The summed E-state index contributed by atoms with van der Waals surface area (Å²) in [5.41, 5.74) is 0.218. The normalized spacial score (nSPS) is 18.4. The number of amides is 1. The maximum absolute atomic E-state index is 13.9. The second-order valence-corrected chi connectivity index (χ2v) is 6.46. The molecular formula is C18H26F2N2O. The van der Waals surface area contributed by atoms with E-state index in [2.05, 4.69) is 17.6 Å². The fourth-order valence-electron chi connectivity index (χ4n) is 3.31. The molecule has 0 aromatic heterocycles. The summed E-state index contributed by atoms with van der Waals surface area (Å²) in [6, 6.07) is 2.88. The van der Waals surface area contributed by atoms with Crippen LogP contribution in [0, 0.1) is 23.5 Å². The highest BCUT2D eigenvalue weighted by atomic mass is 19.1. The Kier molecular flexibility index (Phi) is 6.51. The smallest absolute Gasteiger partial charge is 0.220 e. The summed E-state index contributed by atoms with van der Waals surface area (Å²) < 4.78 is 27.2. The van der Waals surface area contributed by atoms with E-state index in [0.717, 1.165) is 38.1 Å². The Bertz CT molecular complexity index is 530. The first kappa shape index (κ1) is 17.9. The van der Waals surface area contributed by atoms with E-state index in [1.165, 1.54) is 6.07 Å². The Labute approximate surface area is 136 Å². The molecule has 0 bridgehead atoms. The standard InChI is InChI=1S/C18H26F2N2O/c1-3-17(15-11-14(19)4-5-16(15)20)22-18(23)10-12(2)13-6-8-21-9-7-13/h4-5,11-13,17,21H,3,6-10H2,1-2H3,(H,22,23). The molecule has 1 aromatic carbocycles. The van der Waals surface area contributed by atoms with E-state index in [1.54, 1.807) is 0 Å². The number of carbonyl (C=O) groups excluding carboxylic acids is 1.